The van der Waals surface area contributed by atoms with Gasteiger partial charge in [-0.3, -0.25) is 0 Å². The number of aromatic nitrogens is 3. The number of halogens is 1. The minimum absolute atomic E-state index is 0.0217. The Kier molecular flexibility index (Phi) is 7.21. The molecule has 0 radical (unpaired) electrons. The smallest absolute Gasteiger partial charge is 0.192 e. The first-order valence-electron chi connectivity index (χ1n) is 9.71. The molecule has 29 heavy (non-hydrogen) atoms. The summed E-state index contributed by atoms with van der Waals surface area (Å²) in [6, 6.07) is 0. The number of nitrogen functional groups attached to an aromatic ring is 1. The monoisotopic (exact) mass is 550 g/mol. The third kappa shape index (κ3) is 4.92. The number of thioether (sulfide) groups is 1. The van der Waals surface area contributed by atoms with Crippen LogP contribution in [0.5, 0.6) is 0 Å². The van der Waals surface area contributed by atoms with Crippen molar-refractivity contribution in [1.82, 2.24) is 14.5 Å². The van der Waals surface area contributed by atoms with Crippen LogP contribution in [-0.2, 0) is 13.9 Å². The van der Waals surface area contributed by atoms with Crippen molar-refractivity contribution in [2.75, 3.05) is 24.5 Å². The van der Waals surface area contributed by atoms with Crippen LogP contribution in [0.4, 0.5) is 5.82 Å². The molecule has 0 aromatic carbocycles. The summed E-state index contributed by atoms with van der Waals surface area (Å²) in [6.07, 6.45) is 6.01. The lowest BCUT2D eigenvalue weighted by Crippen LogP contribution is -2.44. The lowest BCUT2D eigenvalue weighted by atomic mass is 10.2. The molecule has 1 aliphatic heterocycles. The standard InChI is InChI=1S/C19H31IN4O3SSi/c1-19(2,3)29(5,6)26-9-14-13(25-11-28-4)7-15(27-14)24-8-12(20)16-17(21)22-10-23-18(16)24/h8,10,13-15H,7,9,11H2,1-6H3,(H2,21,22,23)/t13-,14+,15+/m0/s1. The van der Waals surface area contributed by atoms with Gasteiger partial charge in [-0.1, -0.05) is 20.8 Å². The van der Waals surface area contributed by atoms with Crippen molar-refractivity contribution in [3.63, 3.8) is 0 Å². The van der Waals surface area contributed by atoms with E-state index in [-0.39, 0.29) is 23.5 Å². The van der Waals surface area contributed by atoms with Crippen molar-refractivity contribution in [3.05, 3.63) is 16.1 Å². The average molecular weight is 551 g/mol. The molecule has 10 heteroatoms. The van der Waals surface area contributed by atoms with Crippen molar-refractivity contribution in [1.29, 1.82) is 0 Å². The summed E-state index contributed by atoms with van der Waals surface area (Å²) in [5.41, 5.74) is 6.87. The van der Waals surface area contributed by atoms with Crippen molar-refractivity contribution in [2.24, 2.45) is 0 Å². The molecule has 2 aromatic rings. The molecule has 0 aliphatic carbocycles. The van der Waals surface area contributed by atoms with E-state index >= 15 is 0 Å². The van der Waals surface area contributed by atoms with Gasteiger partial charge in [0.15, 0.2) is 8.32 Å². The Bertz CT molecular complexity index is 858. The van der Waals surface area contributed by atoms with E-state index in [2.05, 4.69) is 71.0 Å². The largest absolute Gasteiger partial charge is 0.414 e. The molecule has 162 valence electrons. The number of anilines is 1. The predicted molar refractivity (Wildman–Crippen MR) is 130 cm³/mol. The molecule has 0 unspecified atom stereocenters. The second-order valence-electron chi connectivity index (χ2n) is 8.89. The van der Waals surface area contributed by atoms with Gasteiger partial charge in [0.25, 0.3) is 0 Å². The van der Waals surface area contributed by atoms with Crippen LogP contribution in [0.1, 0.15) is 33.4 Å². The molecule has 2 aromatic heterocycles. The first kappa shape index (κ1) is 23.3. The fourth-order valence-corrected chi connectivity index (χ4v) is 5.28. The number of fused-ring (bicyclic) bond motifs is 1. The molecule has 1 aliphatic rings. The van der Waals surface area contributed by atoms with Gasteiger partial charge in [-0.05, 0) is 47.0 Å². The summed E-state index contributed by atoms with van der Waals surface area (Å²) < 4.78 is 22.1. The highest BCUT2D eigenvalue weighted by molar-refractivity contribution is 14.1. The third-order valence-electron chi connectivity index (χ3n) is 5.90. The topological polar surface area (TPSA) is 84.4 Å². The maximum absolute atomic E-state index is 6.45. The number of hydrogen-bond donors (Lipinski definition) is 1. The van der Waals surface area contributed by atoms with Crippen LogP contribution in [0.3, 0.4) is 0 Å². The number of rotatable bonds is 7. The van der Waals surface area contributed by atoms with Crippen molar-refractivity contribution in [2.45, 2.75) is 63.8 Å². The molecular formula is C19H31IN4O3SSi. The third-order valence-corrected chi connectivity index (χ3v) is 11.6. The van der Waals surface area contributed by atoms with Crippen molar-refractivity contribution < 1.29 is 13.9 Å². The van der Waals surface area contributed by atoms with Gasteiger partial charge in [0.1, 0.15) is 30.1 Å². The highest BCUT2D eigenvalue weighted by Crippen LogP contribution is 2.39. The van der Waals surface area contributed by atoms with Crippen LogP contribution < -0.4 is 5.73 Å². The molecule has 3 heterocycles. The summed E-state index contributed by atoms with van der Waals surface area (Å²) in [6.45, 7) is 11.8. The van der Waals surface area contributed by atoms with Gasteiger partial charge in [0, 0.05) is 16.2 Å². The maximum Gasteiger partial charge on any atom is 0.192 e. The zero-order valence-corrected chi connectivity index (χ0v) is 21.9. The van der Waals surface area contributed by atoms with Gasteiger partial charge in [-0.15, -0.1) is 11.8 Å². The lowest BCUT2D eigenvalue weighted by Gasteiger charge is -2.37. The molecule has 1 fully saturated rings. The molecule has 3 atom stereocenters. The Labute approximate surface area is 191 Å². The number of hydrogen-bond acceptors (Lipinski definition) is 7. The Hall–Kier alpha value is -0.403. The summed E-state index contributed by atoms with van der Waals surface area (Å²) in [5, 5.41) is 1.03. The van der Waals surface area contributed by atoms with E-state index in [9.17, 15) is 0 Å². The van der Waals surface area contributed by atoms with E-state index in [1.807, 2.05) is 12.5 Å². The zero-order valence-electron chi connectivity index (χ0n) is 17.9. The van der Waals surface area contributed by atoms with Crippen LogP contribution in [0.2, 0.25) is 18.1 Å². The molecule has 0 saturated carbocycles. The van der Waals surface area contributed by atoms with Crippen LogP contribution in [0, 0.1) is 3.57 Å². The Morgan fingerprint density at radius 3 is 2.76 bits per heavy atom. The Balaban J connectivity index is 1.82. The van der Waals surface area contributed by atoms with Crippen LogP contribution in [0.15, 0.2) is 12.5 Å². The van der Waals surface area contributed by atoms with Gasteiger partial charge >= 0.3 is 0 Å². The highest BCUT2D eigenvalue weighted by Gasteiger charge is 2.42. The second-order valence-corrected chi connectivity index (χ2v) is 15.7. The zero-order chi connectivity index (χ0) is 21.4. The van der Waals surface area contributed by atoms with E-state index < -0.39 is 8.32 Å². The SMILES string of the molecule is CSCO[C@H]1C[C@H](n2cc(I)c3c(N)ncnc32)O[C@@H]1CO[Si](C)(C)C(C)(C)C. The predicted octanol–water partition coefficient (Wildman–Crippen LogP) is 4.63. The maximum atomic E-state index is 6.45. The number of nitrogens with zero attached hydrogens (tertiary/aromatic N) is 3. The van der Waals surface area contributed by atoms with E-state index in [0.29, 0.717) is 18.4 Å². The van der Waals surface area contributed by atoms with E-state index in [4.69, 9.17) is 19.6 Å². The quantitative estimate of drug-likeness (QED) is 0.306. The van der Waals surface area contributed by atoms with Crippen molar-refractivity contribution >= 4 is 59.5 Å². The van der Waals surface area contributed by atoms with Gasteiger partial charge in [0.05, 0.1) is 24.0 Å². The van der Waals surface area contributed by atoms with Crippen LogP contribution in [0.25, 0.3) is 11.0 Å². The summed E-state index contributed by atoms with van der Waals surface area (Å²) in [5.74, 6) is 1.13. The number of nitrogens with two attached hydrogens (primary N) is 1. The summed E-state index contributed by atoms with van der Waals surface area (Å²) in [4.78, 5) is 8.58. The molecular weight excluding hydrogens is 519 g/mol. The van der Waals surface area contributed by atoms with E-state index in [0.717, 1.165) is 21.0 Å². The van der Waals surface area contributed by atoms with Gasteiger partial charge in [0.2, 0.25) is 0 Å². The highest BCUT2D eigenvalue weighted by atomic mass is 127. The normalized spacial score (nSPS) is 23.2. The fraction of sp³-hybridized carbons (Fsp3) is 0.684. The van der Waals surface area contributed by atoms with E-state index in [1.165, 1.54) is 6.33 Å². The van der Waals surface area contributed by atoms with Crippen molar-refractivity contribution in [3.8, 4) is 0 Å². The Morgan fingerprint density at radius 1 is 1.38 bits per heavy atom. The molecule has 7 nitrogen and oxygen atoms in total. The molecule has 0 bridgehead atoms. The molecule has 0 amide bonds. The number of ether oxygens (including phenoxy) is 2. The molecule has 2 N–H and O–H groups in total. The van der Waals surface area contributed by atoms with Crippen LogP contribution >= 0.6 is 34.4 Å². The lowest BCUT2D eigenvalue weighted by molar-refractivity contribution is -0.0506. The average Bonchev–Trinajstić information content (AvgIpc) is 3.19. The van der Waals surface area contributed by atoms with E-state index in [1.54, 1.807) is 11.8 Å². The Morgan fingerprint density at radius 2 is 2.10 bits per heavy atom. The minimum atomic E-state index is -1.87. The van der Waals surface area contributed by atoms with Gasteiger partial charge < -0.3 is 24.2 Å². The van der Waals surface area contributed by atoms with Gasteiger partial charge in [-0.25, -0.2) is 9.97 Å². The molecule has 0 spiro atoms. The second kappa shape index (κ2) is 8.99. The molecule has 1 saturated heterocycles. The minimum Gasteiger partial charge on any atom is -0.414 e. The van der Waals surface area contributed by atoms with Crippen LogP contribution in [-0.4, -0.2) is 53.9 Å². The summed E-state index contributed by atoms with van der Waals surface area (Å²) >= 11 is 3.94. The molecule has 3 rings (SSSR count). The fourth-order valence-electron chi connectivity index (χ4n) is 3.14. The first-order valence-corrected chi connectivity index (χ1v) is 15.1. The first-order chi connectivity index (χ1) is 13.5. The van der Waals surface area contributed by atoms with Gasteiger partial charge in [-0.2, -0.15) is 0 Å². The summed E-state index contributed by atoms with van der Waals surface area (Å²) in [7, 11) is -1.87.